The highest BCUT2D eigenvalue weighted by Crippen LogP contribution is 2.19. The summed E-state index contributed by atoms with van der Waals surface area (Å²) in [5.41, 5.74) is -1.21. The van der Waals surface area contributed by atoms with E-state index >= 15 is 0 Å². The Morgan fingerprint density at radius 1 is 1.26 bits per heavy atom. The lowest BCUT2D eigenvalue weighted by Crippen LogP contribution is -2.35. The zero-order chi connectivity index (χ0) is 14.6. The highest BCUT2D eigenvalue weighted by molar-refractivity contribution is 5.94. The predicted octanol–water partition coefficient (Wildman–Crippen LogP) is 2.24. The van der Waals surface area contributed by atoms with Crippen molar-refractivity contribution in [2.75, 3.05) is 13.2 Å². The van der Waals surface area contributed by atoms with Gasteiger partial charge in [-0.05, 0) is 11.8 Å². The molecule has 0 atom stereocenters. The minimum absolute atomic E-state index is 0.0534. The number of carbonyl (C=O) groups excluding carboxylic acids is 1. The highest BCUT2D eigenvalue weighted by Gasteiger charge is 2.22. The van der Waals surface area contributed by atoms with Crippen molar-refractivity contribution in [3.05, 3.63) is 35.1 Å². The van der Waals surface area contributed by atoms with Crippen LogP contribution in [0.4, 0.5) is 13.2 Å². The second kappa shape index (κ2) is 6.06. The molecular weight excluding hydrogens is 259 g/mol. The first-order chi connectivity index (χ1) is 8.76. The van der Waals surface area contributed by atoms with E-state index in [0.29, 0.717) is 18.6 Å². The summed E-state index contributed by atoms with van der Waals surface area (Å²) >= 11 is 0. The fourth-order valence-electron chi connectivity index (χ4n) is 1.56. The lowest BCUT2D eigenvalue weighted by atomic mass is 9.89. The maximum Gasteiger partial charge on any atom is 0.257 e. The first-order valence-corrected chi connectivity index (χ1v) is 5.80. The molecule has 6 heteroatoms. The van der Waals surface area contributed by atoms with Gasteiger partial charge in [0.25, 0.3) is 5.91 Å². The molecule has 1 rings (SSSR count). The summed E-state index contributed by atoms with van der Waals surface area (Å²) < 4.78 is 39.4. The summed E-state index contributed by atoms with van der Waals surface area (Å²) in [6, 6.07) is 0.910. The van der Waals surface area contributed by atoms with Crippen LogP contribution in [0.3, 0.4) is 0 Å². The van der Waals surface area contributed by atoms with Crippen LogP contribution in [0.15, 0.2) is 12.1 Å². The molecular formula is C13H16F3NO2. The molecule has 0 aliphatic carbocycles. The zero-order valence-corrected chi connectivity index (χ0v) is 10.8. The summed E-state index contributed by atoms with van der Waals surface area (Å²) in [7, 11) is 0. The second-order valence-electron chi connectivity index (χ2n) is 5.06. The van der Waals surface area contributed by atoms with Crippen molar-refractivity contribution in [2.24, 2.45) is 5.41 Å². The molecule has 0 heterocycles. The molecule has 0 bridgehead atoms. The molecule has 0 aliphatic heterocycles. The van der Waals surface area contributed by atoms with E-state index in [2.05, 4.69) is 5.32 Å². The van der Waals surface area contributed by atoms with Gasteiger partial charge in [-0.25, -0.2) is 13.2 Å². The lowest BCUT2D eigenvalue weighted by Gasteiger charge is -2.23. The van der Waals surface area contributed by atoms with Crippen LogP contribution in [-0.4, -0.2) is 24.2 Å². The average molecular weight is 275 g/mol. The minimum atomic E-state index is -1.24. The molecule has 2 N–H and O–H groups in total. The summed E-state index contributed by atoms with van der Waals surface area (Å²) in [6.07, 6.45) is 0.432. The van der Waals surface area contributed by atoms with Crippen LogP contribution in [0.1, 0.15) is 30.6 Å². The molecule has 0 saturated heterocycles. The topological polar surface area (TPSA) is 49.3 Å². The average Bonchev–Trinajstić information content (AvgIpc) is 2.25. The number of rotatable bonds is 5. The summed E-state index contributed by atoms with van der Waals surface area (Å²) in [4.78, 5) is 11.7. The lowest BCUT2D eigenvalue weighted by molar-refractivity contribution is 0.0919. The fraction of sp³-hybridized carbons (Fsp3) is 0.462. The van der Waals surface area contributed by atoms with Crippen molar-refractivity contribution in [1.29, 1.82) is 0 Å². The Labute approximate surface area is 109 Å². The van der Waals surface area contributed by atoms with Gasteiger partial charge in [0.2, 0.25) is 0 Å². The van der Waals surface area contributed by atoms with Crippen molar-refractivity contribution in [3.8, 4) is 0 Å². The number of amides is 1. The van der Waals surface area contributed by atoms with Crippen LogP contribution in [0, 0.1) is 22.9 Å². The third kappa shape index (κ3) is 4.24. The van der Waals surface area contributed by atoms with Crippen LogP contribution < -0.4 is 5.32 Å². The van der Waals surface area contributed by atoms with Crippen molar-refractivity contribution < 1.29 is 23.1 Å². The van der Waals surface area contributed by atoms with Gasteiger partial charge in [0.05, 0.1) is 0 Å². The van der Waals surface area contributed by atoms with Gasteiger partial charge in [-0.1, -0.05) is 13.8 Å². The van der Waals surface area contributed by atoms with E-state index in [4.69, 9.17) is 5.11 Å². The number of nitrogens with one attached hydrogen (secondary N) is 1. The van der Waals surface area contributed by atoms with Crippen LogP contribution in [0.25, 0.3) is 0 Å². The maximum absolute atomic E-state index is 13.3. The number of aliphatic hydroxyl groups is 1. The van der Waals surface area contributed by atoms with Gasteiger partial charge >= 0.3 is 0 Å². The molecule has 0 spiro atoms. The Balaban J connectivity index is 2.80. The normalized spacial score (nSPS) is 11.5. The van der Waals surface area contributed by atoms with E-state index in [1.165, 1.54) is 0 Å². The molecule has 0 unspecified atom stereocenters. The van der Waals surface area contributed by atoms with Crippen molar-refractivity contribution in [1.82, 2.24) is 5.32 Å². The van der Waals surface area contributed by atoms with Gasteiger partial charge in [0, 0.05) is 25.3 Å². The molecule has 106 valence electrons. The molecule has 19 heavy (non-hydrogen) atoms. The van der Waals surface area contributed by atoms with Gasteiger partial charge < -0.3 is 10.4 Å². The molecule has 1 amide bonds. The first kappa shape index (κ1) is 15.5. The fourth-order valence-corrected chi connectivity index (χ4v) is 1.56. The summed E-state index contributed by atoms with van der Waals surface area (Å²) in [5, 5.41) is 11.2. The van der Waals surface area contributed by atoms with Gasteiger partial charge in [-0.2, -0.15) is 0 Å². The Hall–Kier alpha value is -1.56. The Bertz CT molecular complexity index is 452. The first-order valence-electron chi connectivity index (χ1n) is 5.80. The highest BCUT2D eigenvalue weighted by atomic mass is 19.1. The van der Waals surface area contributed by atoms with E-state index in [1.54, 1.807) is 13.8 Å². The van der Waals surface area contributed by atoms with Gasteiger partial charge in [0.15, 0.2) is 0 Å². The smallest absolute Gasteiger partial charge is 0.257 e. The number of aliphatic hydroxyl groups excluding tert-OH is 1. The number of hydrogen-bond donors (Lipinski definition) is 2. The SMILES string of the molecule is CC(C)(CCO)CNC(=O)c1c(F)cc(F)cc1F. The van der Waals surface area contributed by atoms with Crippen molar-refractivity contribution >= 4 is 5.91 Å². The largest absolute Gasteiger partial charge is 0.396 e. The summed E-state index contributed by atoms with van der Waals surface area (Å²) in [5.74, 6) is -4.50. The van der Waals surface area contributed by atoms with Gasteiger partial charge in [-0.15, -0.1) is 0 Å². The second-order valence-corrected chi connectivity index (χ2v) is 5.06. The van der Waals surface area contributed by atoms with E-state index in [1.807, 2.05) is 0 Å². The summed E-state index contributed by atoms with van der Waals surface area (Å²) in [6.45, 7) is 3.67. The molecule has 0 fully saturated rings. The van der Waals surface area contributed by atoms with E-state index in [9.17, 15) is 18.0 Å². The molecule has 1 aromatic rings. The van der Waals surface area contributed by atoms with Crippen molar-refractivity contribution in [2.45, 2.75) is 20.3 Å². The molecule has 3 nitrogen and oxygen atoms in total. The molecule has 0 saturated carbocycles. The molecule has 0 radical (unpaired) electrons. The zero-order valence-electron chi connectivity index (χ0n) is 10.8. The number of carbonyl (C=O) groups is 1. The maximum atomic E-state index is 13.3. The minimum Gasteiger partial charge on any atom is -0.396 e. The molecule has 0 aromatic heterocycles. The quantitative estimate of drug-likeness (QED) is 0.866. The number of hydrogen-bond acceptors (Lipinski definition) is 2. The van der Waals surface area contributed by atoms with Gasteiger partial charge in [-0.3, -0.25) is 4.79 Å². The number of halogens is 3. The van der Waals surface area contributed by atoms with Crippen LogP contribution in [-0.2, 0) is 0 Å². The van der Waals surface area contributed by atoms with Gasteiger partial charge in [0.1, 0.15) is 23.0 Å². The van der Waals surface area contributed by atoms with E-state index in [-0.39, 0.29) is 13.2 Å². The van der Waals surface area contributed by atoms with E-state index < -0.39 is 34.3 Å². The standard InChI is InChI=1S/C13H16F3NO2/c1-13(2,3-4-18)7-17-12(19)11-9(15)5-8(14)6-10(11)16/h5-6,18H,3-4,7H2,1-2H3,(H,17,19). The number of benzene rings is 1. The van der Waals surface area contributed by atoms with Crippen molar-refractivity contribution in [3.63, 3.8) is 0 Å². The Morgan fingerprint density at radius 3 is 2.26 bits per heavy atom. The molecule has 0 aliphatic rings. The Morgan fingerprint density at radius 2 is 1.79 bits per heavy atom. The van der Waals surface area contributed by atoms with E-state index in [0.717, 1.165) is 0 Å². The van der Waals surface area contributed by atoms with Crippen LogP contribution >= 0.6 is 0 Å². The van der Waals surface area contributed by atoms with Crippen LogP contribution in [0.5, 0.6) is 0 Å². The monoisotopic (exact) mass is 275 g/mol. The predicted molar refractivity (Wildman–Crippen MR) is 64.1 cm³/mol. The third-order valence-corrected chi connectivity index (χ3v) is 2.75. The third-order valence-electron chi connectivity index (χ3n) is 2.75. The Kier molecular flexibility index (Phi) is 4.94. The van der Waals surface area contributed by atoms with Crippen LogP contribution in [0.2, 0.25) is 0 Å². The molecule has 1 aromatic carbocycles.